The molecule has 0 radical (unpaired) electrons. The van der Waals surface area contributed by atoms with Crippen molar-refractivity contribution < 1.29 is 14.3 Å². The summed E-state index contributed by atoms with van der Waals surface area (Å²) in [6, 6.07) is 13.3. The summed E-state index contributed by atoms with van der Waals surface area (Å²) < 4.78 is 7.22. The van der Waals surface area contributed by atoms with Crippen LogP contribution < -0.4 is 9.80 Å². The van der Waals surface area contributed by atoms with E-state index in [1.165, 1.54) is 0 Å². The number of nitrogens with zero attached hydrogens (tertiary/aromatic N) is 4. The summed E-state index contributed by atoms with van der Waals surface area (Å²) in [5.74, 6) is -0.102. The lowest BCUT2D eigenvalue weighted by Gasteiger charge is -2.42. The average Bonchev–Trinajstić information content (AvgIpc) is 3.16. The van der Waals surface area contributed by atoms with Gasteiger partial charge in [-0.25, -0.2) is 9.48 Å². The molecule has 3 aromatic rings. The third kappa shape index (κ3) is 4.18. The first kappa shape index (κ1) is 23.5. The third-order valence-electron chi connectivity index (χ3n) is 6.43. The second-order valence-electron chi connectivity index (χ2n) is 8.86. The molecule has 0 bridgehead atoms. The standard InChI is InChI=1S/C27H32N4O3/c1-7-22-16-29(24-12-17(3)18(4)13-25(24)30(22)27(33)34-8-2)26(32)21-10-9-11-23(15-21)31-20(6)14-19(5)28-31/h9-15,22H,7-8,16H2,1-6H3. The molecule has 178 valence electrons. The zero-order valence-electron chi connectivity index (χ0n) is 20.8. The van der Waals surface area contributed by atoms with Crippen LogP contribution in [-0.2, 0) is 4.74 Å². The molecular weight excluding hydrogens is 428 g/mol. The molecule has 1 aliphatic heterocycles. The van der Waals surface area contributed by atoms with E-state index in [0.29, 0.717) is 30.8 Å². The number of hydrogen-bond acceptors (Lipinski definition) is 4. The van der Waals surface area contributed by atoms with Crippen LogP contribution >= 0.6 is 0 Å². The Balaban J connectivity index is 1.78. The molecule has 2 heterocycles. The van der Waals surface area contributed by atoms with Crippen molar-refractivity contribution in [1.29, 1.82) is 0 Å². The molecule has 0 N–H and O–H groups in total. The van der Waals surface area contributed by atoms with E-state index in [9.17, 15) is 9.59 Å². The van der Waals surface area contributed by atoms with Gasteiger partial charge in [0.25, 0.3) is 5.91 Å². The first-order chi connectivity index (χ1) is 16.2. The molecule has 4 rings (SSSR count). The van der Waals surface area contributed by atoms with Crippen molar-refractivity contribution in [1.82, 2.24) is 9.78 Å². The molecule has 7 heteroatoms. The van der Waals surface area contributed by atoms with Crippen LogP contribution in [0.3, 0.4) is 0 Å². The van der Waals surface area contributed by atoms with Crippen LogP contribution in [-0.4, -0.2) is 41.0 Å². The maximum atomic E-state index is 13.9. The van der Waals surface area contributed by atoms with Gasteiger partial charge < -0.3 is 9.64 Å². The number of aryl methyl sites for hydroxylation is 4. The Labute approximate surface area is 200 Å². The Morgan fingerprint density at radius 1 is 1.00 bits per heavy atom. The van der Waals surface area contributed by atoms with Crippen LogP contribution in [0.4, 0.5) is 16.2 Å². The van der Waals surface area contributed by atoms with Crippen molar-refractivity contribution in [2.75, 3.05) is 23.0 Å². The van der Waals surface area contributed by atoms with Crippen molar-refractivity contribution in [3.05, 3.63) is 70.5 Å². The minimum absolute atomic E-state index is 0.102. The summed E-state index contributed by atoms with van der Waals surface area (Å²) in [5, 5.41) is 4.56. The highest BCUT2D eigenvalue weighted by molar-refractivity contribution is 6.10. The molecule has 0 spiro atoms. The number of rotatable bonds is 4. The number of benzene rings is 2. The number of anilines is 2. The Hall–Kier alpha value is -3.61. The van der Waals surface area contributed by atoms with E-state index in [4.69, 9.17) is 4.74 Å². The van der Waals surface area contributed by atoms with Gasteiger partial charge in [0.15, 0.2) is 0 Å². The van der Waals surface area contributed by atoms with Crippen molar-refractivity contribution in [2.45, 2.75) is 54.0 Å². The van der Waals surface area contributed by atoms with E-state index in [0.717, 1.165) is 33.9 Å². The number of hydrogen-bond donors (Lipinski definition) is 0. The first-order valence-electron chi connectivity index (χ1n) is 11.8. The van der Waals surface area contributed by atoms with Crippen molar-refractivity contribution >= 4 is 23.4 Å². The fourth-order valence-corrected chi connectivity index (χ4v) is 4.54. The molecule has 1 atom stereocenters. The molecule has 1 aliphatic rings. The molecule has 7 nitrogen and oxygen atoms in total. The highest BCUT2D eigenvalue weighted by Gasteiger charge is 2.37. The number of aromatic nitrogens is 2. The Morgan fingerprint density at radius 3 is 2.32 bits per heavy atom. The minimum Gasteiger partial charge on any atom is -0.449 e. The maximum absolute atomic E-state index is 13.9. The molecule has 0 saturated carbocycles. The number of fused-ring (bicyclic) bond motifs is 1. The Bertz CT molecular complexity index is 1250. The maximum Gasteiger partial charge on any atom is 0.414 e. The van der Waals surface area contributed by atoms with Crippen LogP contribution in [0.5, 0.6) is 0 Å². The van der Waals surface area contributed by atoms with E-state index >= 15 is 0 Å². The Morgan fingerprint density at radius 2 is 1.71 bits per heavy atom. The van der Waals surface area contributed by atoms with Gasteiger partial charge >= 0.3 is 6.09 Å². The number of carbonyl (C=O) groups is 2. The largest absolute Gasteiger partial charge is 0.449 e. The number of carbonyl (C=O) groups excluding carboxylic acids is 2. The summed E-state index contributed by atoms with van der Waals surface area (Å²) in [6.07, 6.45) is 0.318. The van der Waals surface area contributed by atoms with Gasteiger partial charge in [-0.1, -0.05) is 13.0 Å². The fraction of sp³-hybridized carbons (Fsp3) is 0.370. The van der Waals surface area contributed by atoms with Crippen LogP contribution in [0.15, 0.2) is 42.5 Å². The van der Waals surface area contributed by atoms with Crippen LogP contribution in [0, 0.1) is 27.7 Å². The molecule has 2 amide bonds. The second-order valence-corrected chi connectivity index (χ2v) is 8.86. The average molecular weight is 461 g/mol. The van der Waals surface area contributed by atoms with E-state index in [1.807, 2.05) is 81.8 Å². The molecule has 0 aliphatic carbocycles. The lowest BCUT2D eigenvalue weighted by atomic mass is 9.99. The third-order valence-corrected chi connectivity index (χ3v) is 6.43. The topological polar surface area (TPSA) is 67.7 Å². The van der Waals surface area contributed by atoms with Crippen molar-refractivity contribution in [2.24, 2.45) is 0 Å². The summed E-state index contributed by atoms with van der Waals surface area (Å²) in [7, 11) is 0. The predicted molar refractivity (Wildman–Crippen MR) is 134 cm³/mol. The zero-order chi connectivity index (χ0) is 24.6. The normalized spacial score (nSPS) is 15.3. The van der Waals surface area contributed by atoms with Gasteiger partial charge in [-0.05, 0) is 88.6 Å². The second kappa shape index (κ2) is 9.33. The SMILES string of the molecule is CCOC(=O)N1c2cc(C)c(C)cc2N(C(=O)c2cccc(-n3nc(C)cc3C)c2)CC1CC. The van der Waals surface area contributed by atoms with E-state index in [-0.39, 0.29) is 18.0 Å². The summed E-state index contributed by atoms with van der Waals surface area (Å²) in [6.45, 7) is 12.5. The highest BCUT2D eigenvalue weighted by Crippen LogP contribution is 2.39. The van der Waals surface area contributed by atoms with Gasteiger partial charge in [0.1, 0.15) is 0 Å². The van der Waals surface area contributed by atoms with E-state index in [2.05, 4.69) is 5.10 Å². The fourth-order valence-electron chi connectivity index (χ4n) is 4.54. The molecule has 0 fully saturated rings. The van der Waals surface area contributed by atoms with Gasteiger partial charge in [0.05, 0.1) is 35.4 Å². The van der Waals surface area contributed by atoms with Crippen molar-refractivity contribution in [3.63, 3.8) is 0 Å². The molecule has 1 aromatic heterocycles. The lowest BCUT2D eigenvalue weighted by Crippen LogP contribution is -2.53. The Kier molecular flexibility index (Phi) is 6.46. The van der Waals surface area contributed by atoms with Crippen LogP contribution in [0.25, 0.3) is 5.69 Å². The molecule has 34 heavy (non-hydrogen) atoms. The number of ether oxygens (including phenoxy) is 1. The molecule has 0 saturated heterocycles. The molecule has 1 unspecified atom stereocenters. The van der Waals surface area contributed by atoms with Gasteiger partial charge in [-0.3, -0.25) is 9.69 Å². The van der Waals surface area contributed by atoms with Gasteiger partial charge in [0.2, 0.25) is 0 Å². The van der Waals surface area contributed by atoms with Gasteiger partial charge in [-0.15, -0.1) is 0 Å². The summed E-state index contributed by atoms with van der Waals surface area (Å²) in [5.41, 5.74) is 6.91. The summed E-state index contributed by atoms with van der Waals surface area (Å²) >= 11 is 0. The molecular formula is C27H32N4O3. The minimum atomic E-state index is -0.377. The zero-order valence-corrected chi connectivity index (χ0v) is 20.8. The van der Waals surface area contributed by atoms with E-state index < -0.39 is 0 Å². The van der Waals surface area contributed by atoms with Gasteiger partial charge in [-0.2, -0.15) is 5.10 Å². The van der Waals surface area contributed by atoms with Gasteiger partial charge in [0, 0.05) is 17.8 Å². The summed E-state index contributed by atoms with van der Waals surface area (Å²) in [4.78, 5) is 30.3. The predicted octanol–water partition coefficient (Wildman–Crippen LogP) is 5.51. The lowest BCUT2D eigenvalue weighted by molar-refractivity contribution is 0.0981. The highest BCUT2D eigenvalue weighted by atomic mass is 16.6. The van der Waals surface area contributed by atoms with Crippen molar-refractivity contribution in [3.8, 4) is 5.69 Å². The van der Waals surface area contributed by atoms with E-state index in [1.54, 1.807) is 16.7 Å². The number of amides is 2. The molecule has 2 aromatic carbocycles. The quantitative estimate of drug-likeness (QED) is 0.515. The first-order valence-corrected chi connectivity index (χ1v) is 11.8. The monoisotopic (exact) mass is 460 g/mol. The smallest absolute Gasteiger partial charge is 0.414 e. The van der Waals surface area contributed by atoms with Crippen LogP contribution in [0.2, 0.25) is 0 Å². The van der Waals surface area contributed by atoms with Crippen LogP contribution in [0.1, 0.15) is 53.1 Å².